The van der Waals surface area contributed by atoms with E-state index in [1.54, 1.807) is 4.90 Å². The molecular weight excluding hydrogens is 262 g/mol. The molecule has 0 saturated carbocycles. The predicted octanol–water partition coefficient (Wildman–Crippen LogP) is 0.407. The van der Waals surface area contributed by atoms with Crippen LogP contribution in [0.15, 0.2) is 0 Å². The van der Waals surface area contributed by atoms with Gasteiger partial charge in [0.1, 0.15) is 0 Å². The van der Waals surface area contributed by atoms with Crippen LogP contribution in [0.1, 0.15) is 33.1 Å². The van der Waals surface area contributed by atoms with Gasteiger partial charge in [0.15, 0.2) is 0 Å². The molecule has 1 rings (SSSR count). The van der Waals surface area contributed by atoms with Crippen LogP contribution in [0.2, 0.25) is 0 Å². The molecule has 0 aromatic heterocycles. The fourth-order valence-electron chi connectivity index (χ4n) is 2.12. The van der Waals surface area contributed by atoms with Crippen molar-refractivity contribution in [2.45, 2.75) is 39.2 Å². The van der Waals surface area contributed by atoms with Gasteiger partial charge in [-0.1, -0.05) is 0 Å². The molecule has 0 spiro atoms. The zero-order valence-electron chi connectivity index (χ0n) is 12.0. The fourth-order valence-corrected chi connectivity index (χ4v) is 2.12. The molecule has 0 bridgehead atoms. The highest BCUT2D eigenvalue weighted by Crippen LogP contribution is 2.16. The van der Waals surface area contributed by atoms with Gasteiger partial charge >= 0.3 is 12.0 Å². The molecule has 7 nitrogen and oxygen atoms in total. The SMILES string of the molecule is CC(C)NC(=O)CCNC(=O)N1CCC(C(=O)O)CC1. The fraction of sp³-hybridized carbons (Fsp3) is 0.769. The Morgan fingerprint density at radius 2 is 1.85 bits per heavy atom. The summed E-state index contributed by atoms with van der Waals surface area (Å²) in [7, 11) is 0. The van der Waals surface area contributed by atoms with Gasteiger partial charge in [0.05, 0.1) is 5.92 Å². The van der Waals surface area contributed by atoms with Crippen LogP contribution < -0.4 is 10.6 Å². The van der Waals surface area contributed by atoms with Crippen LogP contribution in [-0.4, -0.2) is 53.6 Å². The van der Waals surface area contributed by atoms with Gasteiger partial charge in [-0.15, -0.1) is 0 Å². The van der Waals surface area contributed by atoms with Crippen LogP contribution in [0.25, 0.3) is 0 Å². The number of nitrogens with one attached hydrogen (secondary N) is 2. The van der Waals surface area contributed by atoms with E-state index in [2.05, 4.69) is 10.6 Å². The Labute approximate surface area is 118 Å². The number of rotatable bonds is 5. The molecule has 3 N–H and O–H groups in total. The second kappa shape index (κ2) is 7.72. The molecule has 0 unspecified atom stereocenters. The number of carbonyl (C=O) groups excluding carboxylic acids is 2. The van der Waals surface area contributed by atoms with Crippen molar-refractivity contribution < 1.29 is 19.5 Å². The maximum Gasteiger partial charge on any atom is 0.317 e. The van der Waals surface area contributed by atoms with Gasteiger partial charge in [0.25, 0.3) is 0 Å². The summed E-state index contributed by atoms with van der Waals surface area (Å²) in [6, 6.07) is -0.139. The lowest BCUT2D eigenvalue weighted by Crippen LogP contribution is -2.46. The van der Waals surface area contributed by atoms with E-state index in [1.165, 1.54) is 0 Å². The zero-order chi connectivity index (χ0) is 15.1. The maximum absolute atomic E-state index is 11.8. The molecule has 1 aliphatic heterocycles. The molecule has 0 aromatic carbocycles. The first-order valence-corrected chi connectivity index (χ1v) is 6.95. The van der Waals surface area contributed by atoms with Crippen LogP contribution in [0.3, 0.4) is 0 Å². The molecule has 20 heavy (non-hydrogen) atoms. The van der Waals surface area contributed by atoms with Gasteiger partial charge < -0.3 is 20.6 Å². The summed E-state index contributed by atoms with van der Waals surface area (Å²) < 4.78 is 0. The Bertz CT molecular complexity index is 363. The van der Waals surface area contributed by atoms with Crippen LogP contribution in [0, 0.1) is 5.92 Å². The molecular formula is C13H23N3O4. The number of piperidine rings is 1. The number of nitrogens with zero attached hydrogens (tertiary/aromatic N) is 1. The first-order chi connectivity index (χ1) is 9.40. The molecule has 1 saturated heterocycles. The number of aliphatic carboxylic acids is 1. The molecule has 0 aromatic rings. The summed E-state index contributed by atoms with van der Waals surface area (Å²) in [6.07, 6.45) is 1.21. The summed E-state index contributed by atoms with van der Waals surface area (Å²) in [5, 5.41) is 14.3. The molecule has 1 fully saturated rings. The van der Waals surface area contributed by atoms with Crippen molar-refractivity contribution in [1.29, 1.82) is 0 Å². The van der Waals surface area contributed by atoms with Crippen molar-refractivity contribution in [3.8, 4) is 0 Å². The van der Waals surface area contributed by atoms with E-state index in [0.29, 0.717) is 25.9 Å². The summed E-state index contributed by atoms with van der Waals surface area (Å²) in [6.45, 7) is 4.93. The minimum absolute atomic E-state index is 0.0910. The Morgan fingerprint density at radius 1 is 1.25 bits per heavy atom. The molecule has 0 aliphatic carbocycles. The van der Waals surface area contributed by atoms with Gasteiger partial charge in [-0.25, -0.2) is 4.79 Å². The van der Waals surface area contributed by atoms with Crippen molar-refractivity contribution in [3.63, 3.8) is 0 Å². The summed E-state index contributed by atoms with van der Waals surface area (Å²) in [5.41, 5.74) is 0. The topological polar surface area (TPSA) is 98.7 Å². The average molecular weight is 285 g/mol. The number of amides is 3. The van der Waals surface area contributed by atoms with E-state index in [1.807, 2.05) is 13.8 Å². The highest BCUT2D eigenvalue weighted by Gasteiger charge is 2.26. The number of likely N-dealkylation sites (tertiary alicyclic amines) is 1. The highest BCUT2D eigenvalue weighted by molar-refractivity contribution is 5.78. The summed E-state index contributed by atoms with van der Waals surface area (Å²) in [5.74, 6) is -1.24. The number of hydrogen-bond acceptors (Lipinski definition) is 3. The largest absolute Gasteiger partial charge is 0.481 e. The van der Waals surface area contributed by atoms with Crippen molar-refractivity contribution in [3.05, 3.63) is 0 Å². The molecule has 3 amide bonds. The molecule has 114 valence electrons. The molecule has 1 aliphatic rings. The van der Waals surface area contributed by atoms with Crippen LogP contribution >= 0.6 is 0 Å². The van der Waals surface area contributed by atoms with E-state index in [9.17, 15) is 14.4 Å². The molecule has 1 heterocycles. The van der Waals surface area contributed by atoms with Crippen molar-refractivity contribution in [1.82, 2.24) is 15.5 Å². The number of carboxylic acids is 1. The summed E-state index contributed by atoms with van der Waals surface area (Å²) >= 11 is 0. The van der Waals surface area contributed by atoms with Crippen LogP contribution in [0.4, 0.5) is 4.79 Å². The Kier molecular flexibility index (Phi) is 6.27. The number of hydrogen-bond donors (Lipinski definition) is 3. The maximum atomic E-state index is 11.8. The average Bonchev–Trinajstić information content (AvgIpc) is 2.37. The molecule has 0 radical (unpaired) electrons. The third-order valence-electron chi connectivity index (χ3n) is 3.21. The second-order valence-electron chi connectivity index (χ2n) is 5.30. The minimum Gasteiger partial charge on any atom is -0.481 e. The first kappa shape index (κ1) is 16.3. The normalized spacial score (nSPS) is 16.1. The third-order valence-corrected chi connectivity index (χ3v) is 3.21. The number of urea groups is 1. The highest BCUT2D eigenvalue weighted by atomic mass is 16.4. The second-order valence-corrected chi connectivity index (χ2v) is 5.30. The number of carbonyl (C=O) groups is 3. The van der Waals surface area contributed by atoms with Gasteiger partial charge in [-0.2, -0.15) is 0 Å². The monoisotopic (exact) mass is 285 g/mol. The van der Waals surface area contributed by atoms with Crippen molar-refractivity contribution in [2.24, 2.45) is 5.92 Å². The minimum atomic E-state index is -0.796. The van der Waals surface area contributed by atoms with Gasteiger partial charge in [0.2, 0.25) is 5.91 Å². The number of carboxylic acid groups (broad SMARTS) is 1. The van der Waals surface area contributed by atoms with E-state index in [4.69, 9.17) is 5.11 Å². The quantitative estimate of drug-likeness (QED) is 0.681. The zero-order valence-corrected chi connectivity index (χ0v) is 12.0. The van der Waals surface area contributed by atoms with Gasteiger partial charge in [-0.3, -0.25) is 9.59 Å². The van der Waals surface area contributed by atoms with E-state index >= 15 is 0 Å². The van der Waals surface area contributed by atoms with Crippen LogP contribution in [0.5, 0.6) is 0 Å². The van der Waals surface area contributed by atoms with E-state index in [-0.39, 0.29) is 36.9 Å². The van der Waals surface area contributed by atoms with Crippen LogP contribution in [-0.2, 0) is 9.59 Å². The third kappa shape index (κ3) is 5.46. The lowest BCUT2D eigenvalue weighted by molar-refractivity contribution is -0.143. The van der Waals surface area contributed by atoms with Crippen molar-refractivity contribution in [2.75, 3.05) is 19.6 Å². The Hall–Kier alpha value is -1.79. The standard InChI is InChI=1S/C13H23N3O4/c1-9(2)15-11(17)3-6-14-13(20)16-7-4-10(5-8-16)12(18)19/h9-10H,3-8H2,1-2H3,(H,14,20)(H,15,17)(H,18,19). The van der Waals surface area contributed by atoms with Gasteiger partial charge in [-0.05, 0) is 26.7 Å². The molecule has 0 atom stereocenters. The Morgan fingerprint density at radius 3 is 2.35 bits per heavy atom. The predicted molar refractivity (Wildman–Crippen MR) is 73.2 cm³/mol. The van der Waals surface area contributed by atoms with Crippen molar-refractivity contribution >= 4 is 17.9 Å². The van der Waals surface area contributed by atoms with E-state index < -0.39 is 5.97 Å². The Balaban J connectivity index is 2.21. The van der Waals surface area contributed by atoms with Gasteiger partial charge in [0, 0.05) is 32.1 Å². The smallest absolute Gasteiger partial charge is 0.317 e. The lowest BCUT2D eigenvalue weighted by atomic mass is 9.97. The molecule has 7 heteroatoms. The summed E-state index contributed by atoms with van der Waals surface area (Å²) in [4.78, 5) is 35.6. The lowest BCUT2D eigenvalue weighted by Gasteiger charge is -2.30. The van der Waals surface area contributed by atoms with E-state index in [0.717, 1.165) is 0 Å². The first-order valence-electron chi connectivity index (χ1n) is 6.95.